The minimum absolute atomic E-state index is 0.0510. The Morgan fingerprint density at radius 2 is 2.03 bits per heavy atom. The molecular weight excluding hydrogens is 400 g/mol. The molecule has 1 aliphatic rings. The number of benzene rings is 1. The number of carbonyl (C=O) groups is 2. The Morgan fingerprint density at radius 3 is 2.74 bits per heavy atom. The van der Waals surface area contributed by atoms with Gasteiger partial charge in [0.15, 0.2) is 5.65 Å². The monoisotopic (exact) mass is 424 g/mol. The van der Waals surface area contributed by atoms with Crippen LogP contribution >= 0.6 is 0 Å². The van der Waals surface area contributed by atoms with Crippen molar-refractivity contribution in [2.45, 2.75) is 32.7 Å². The highest BCUT2D eigenvalue weighted by Gasteiger charge is 2.35. The summed E-state index contributed by atoms with van der Waals surface area (Å²) in [5.41, 5.74) is 2.91. The number of aromatic nitrogens is 4. The maximum atomic E-state index is 12.8. The summed E-state index contributed by atoms with van der Waals surface area (Å²) in [6.07, 6.45) is 2.76. The fourth-order valence-corrected chi connectivity index (χ4v) is 3.60. The molecule has 0 spiro atoms. The van der Waals surface area contributed by atoms with Crippen molar-refractivity contribution >= 4 is 28.5 Å². The number of hydrogen-bond donors (Lipinski definition) is 1. The van der Waals surface area contributed by atoms with Gasteiger partial charge in [-0.05, 0) is 32.9 Å². The number of anilines is 1. The third-order valence-electron chi connectivity index (χ3n) is 5.22. The number of methoxy groups -OCH3 is 1. The van der Waals surface area contributed by atoms with E-state index in [0.717, 1.165) is 4.68 Å². The molecule has 1 aliphatic heterocycles. The van der Waals surface area contributed by atoms with Gasteiger partial charge in [0, 0.05) is 24.7 Å². The number of rotatable bonds is 4. The van der Waals surface area contributed by atoms with Gasteiger partial charge in [-0.15, -0.1) is 0 Å². The lowest BCUT2D eigenvalue weighted by molar-refractivity contribution is -0.123. The molecule has 3 aromatic rings. The second-order valence-electron chi connectivity index (χ2n) is 8.47. The summed E-state index contributed by atoms with van der Waals surface area (Å²) in [4.78, 5) is 43.9. The van der Waals surface area contributed by atoms with Crippen molar-refractivity contribution in [2.24, 2.45) is 5.92 Å². The summed E-state index contributed by atoms with van der Waals surface area (Å²) in [5.74, 6) is -0.565. The van der Waals surface area contributed by atoms with E-state index in [1.165, 1.54) is 12.5 Å². The zero-order valence-electron chi connectivity index (χ0n) is 17.8. The highest BCUT2D eigenvalue weighted by Crippen LogP contribution is 2.28. The molecule has 1 unspecified atom stereocenters. The van der Waals surface area contributed by atoms with E-state index in [9.17, 15) is 14.4 Å². The number of nitrogens with one attached hydrogen (secondary N) is 1. The molecule has 2 aromatic heterocycles. The summed E-state index contributed by atoms with van der Waals surface area (Å²) in [6, 6.07) is 7.10. The molecule has 4 rings (SSSR count). The van der Waals surface area contributed by atoms with Gasteiger partial charge in [0.05, 0.1) is 24.8 Å². The van der Waals surface area contributed by atoms with Gasteiger partial charge in [0.2, 0.25) is 11.8 Å². The summed E-state index contributed by atoms with van der Waals surface area (Å²) >= 11 is 0. The molecule has 1 aromatic carbocycles. The topological polar surface area (TPSA) is 111 Å². The number of carbonyl (C=O) groups excluding carboxylic acids is 2. The number of amides is 2. The maximum Gasteiger partial charge on any atom is 0.283 e. The first kappa shape index (κ1) is 20.6. The molecular formula is C21H24N6O4. The molecule has 162 valence electrons. The third kappa shape index (κ3) is 3.76. The van der Waals surface area contributed by atoms with Crippen LogP contribution in [0.3, 0.4) is 0 Å². The van der Waals surface area contributed by atoms with Crippen LogP contribution in [0, 0.1) is 5.92 Å². The van der Waals surface area contributed by atoms with Gasteiger partial charge in [-0.25, -0.2) is 14.3 Å². The predicted molar refractivity (Wildman–Crippen MR) is 115 cm³/mol. The van der Waals surface area contributed by atoms with Crippen LogP contribution in [-0.2, 0) is 15.1 Å². The molecule has 2 amide bonds. The van der Waals surface area contributed by atoms with E-state index in [1.807, 2.05) is 20.8 Å². The quantitative estimate of drug-likeness (QED) is 0.679. The minimum Gasteiger partial charge on any atom is -0.497 e. The Kier molecular flexibility index (Phi) is 5.00. The third-order valence-corrected chi connectivity index (χ3v) is 5.22. The highest BCUT2D eigenvalue weighted by molar-refractivity contribution is 6.02. The molecule has 10 heteroatoms. The largest absolute Gasteiger partial charge is 0.497 e. The Hall–Kier alpha value is -3.69. The summed E-state index contributed by atoms with van der Waals surface area (Å²) < 4.78 is 7.91. The lowest BCUT2D eigenvalue weighted by atomic mass is 10.1. The first-order valence-corrected chi connectivity index (χ1v) is 9.90. The highest BCUT2D eigenvalue weighted by atomic mass is 16.5. The summed E-state index contributed by atoms with van der Waals surface area (Å²) in [5, 5.41) is 4.56. The van der Waals surface area contributed by atoms with Gasteiger partial charge in [0.1, 0.15) is 17.5 Å². The van der Waals surface area contributed by atoms with Crippen LogP contribution in [0.4, 0.5) is 5.69 Å². The van der Waals surface area contributed by atoms with E-state index in [4.69, 9.17) is 4.74 Å². The van der Waals surface area contributed by atoms with E-state index in [1.54, 1.807) is 41.0 Å². The fraction of sp³-hybridized carbons (Fsp3) is 0.381. The molecule has 10 nitrogen and oxygen atoms in total. The molecule has 1 saturated heterocycles. The number of fused-ring (bicyclic) bond motifs is 1. The SMILES string of the molecule is COc1cccc(N2CC(C(=O)Nn3cnc4c(cnn4C(C)(C)C)c3=O)CC2=O)c1. The molecule has 0 aliphatic carbocycles. The van der Waals surface area contributed by atoms with Crippen molar-refractivity contribution in [3.8, 4) is 5.75 Å². The summed E-state index contributed by atoms with van der Waals surface area (Å²) in [6.45, 7) is 6.09. The van der Waals surface area contributed by atoms with Crippen molar-refractivity contribution in [1.29, 1.82) is 0 Å². The van der Waals surface area contributed by atoms with Crippen LogP contribution in [-0.4, -0.2) is 44.9 Å². The zero-order chi connectivity index (χ0) is 22.3. The number of hydrogen-bond acceptors (Lipinski definition) is 6. The van der Waals surface area contributed by atoms with Crippen LogP contribution < -0.4 is 20.6 Å². The van der Waals surface area contributed by atoms with Crippen molar-refractivity contribution in [1.82, 2.24) is 19.4 Å². The van der Waals surface area contributed by atoms with Gasteiger partial charge in [-0.2, -0.15) is 5.10 Å². The Morgan fingerprint density at radius 1 is 1.26 bits per heavy atom. The van der Waals surface area contributed by atoms with Gasteiger partial charge in [0.25, 0.3) is 5.56 Å². The fourth-order valence-electron chi connectivity index (χ4n) is 3.60. The average molecular weight is 424 g/mol. The summed E-state index contributed by atoms with van der Waals surface area (Å²) in [7, 11) is 1.55. The lowest BCUT2D eigenvalue weighted by Gasteiger charge is -2.19. The van der Waals surface area contributed by atoms with Crippen molar-refractivity contribution in [3.63, 3.8) is 0 Å². The van der Waals surface area contributed by atoms with E-state index in [0.29, 0.717) is 22.5 Å². The Balaban J connectivity index is 1.53. The molecule has 0 radical (unpaired) electrons. The van der Waals surface area contributed by atoms with Gasteiger partial charge in [-0.1, -0.05) is 6.07 Å². The Labute approximate surface area is 178 Å². The Bertz CT molecular complexity index is 1220. The average Bonchev–Trinajstić information content (AvgIpc) is 3.34. The predicted octanol–water partition coefficient (Wildman–Crippen LogP) is 1.48. The van der Waals surface area contributed by atoms with Crippen LogP contribution in [0.15, 0.2) is 41.6 Å². The first-order chi connectivity index (χ1) is 14.7. The van der Waals surface area contributed by atoms with E-state index < -0.39 is 17.4 Å². The van der Waals surface area contributed by atoms with Gasteiger partial charge in [-0.3, -0.25) is 19.8 Å². The molecule has 1 fully saturated rings. The number of nitrogens with zero attached hydrogens (tertiary/aromatic N) is 5. The van der Waals surface area contributed by atoms with Crippen LogP contribution in [0.25, 0.3) is 11.0 Å². The molecule has 1 N–H and O–H groups in total. The van der Waals surface area contributed by atoms with E-state index >= 15 is 0 Å². The molecule has 0 bridgehead atoms. The molecule has 0 saturated carbocycles. The van der Waals surface area contributed by atoms with Crippen molar-refractivity contribution < 1.29 is 14.3 Å². The van der Waals surface area contributed by atoms with Crippen LogP contribution in [0.5, 0.6) is 5.75 Å². The van der Waals surface area contributed by atoms with Gasteiger partial charge < -0.3 is 9.64 Å². The minimum atomic E-state index is -0.599. The maximum absolute atomic E-state index is 12.8. The van der Waals surface area contributed by atoms with E-state index in [-0.39, 0.29) is 24.4 Å². The first-order valence-electron chi connectivity index (χ1n) is 9.90. The van der Waals surface area contributed by atoms with Crippen molar-refractivity contribution in [2.75, 3.05) is 24.0 Å². The molecule has 1 atom stereocenters. The number of ether oxygens (including phenoxy) is 1. The van der Waals surface area contributed by atoms with Crippen molar-refractivity contribution in [3.05, 3.63) is 47.1 Å². The molecule has 31 heavy (non-hydrogen) atoms. The normalized spacial score (nSPS) is 16.7. The van der Waals surface area contributed by atoms with Gasteiger partial charge >= 0.3 is 0 Å². The van der Waals surface area contributed by atoms with Crippen LogP contribution in [0.1, 0.15) is 27.2 Å². The standard InChI is InChI=1S/C21H24N6O4/c1-21(2,3)27-18-16(10-23-27)20(30)26(12-22-18)24-19(29)13-8-17(28)25(11-13)14-6-5-7-15(9-14)31-4/h5-7,9-10,12-13H,8,11H2,1-4H3,(H,24,29). The lowest BCUT2D eigenvalue weighted by Crippen LogP contribution is -2.37. The second kappa shape index (κ2) is 7.53. The van der Waals surface area contributed by atoms with Crippen LogP contribution in [0.2, 0.25) is 0 Å². The van der Waals surface area contributed by atoms with E-state index in [2.05, 4.69) is 15.5 Å². The second-order valence-corrected chi connectivity index (χ2v) is 8.47. The zero-order valence-corrected chi connectivity index (χ0v) is 17.8. The molecule has 3 heterocycles. The smallest absolute Gasteiger partial charge is 0.283 e.